The fourth-order valence-corrected chi connectivity index (χ4v) is 3.13. The first-order chi connectivity index (χ1) is 11.1. The van der Waals surface area contributed by atoms with Gasteiger partial charge in [0.2, 0.25) is 5.89 Å². The highest BCUT2D eigenvalue weighted by atomic mass is 19.2. The van der Waals surface area contributed by atoms with Gasteiger partial charge in [0.25, 0.3) is 0 Å². The summed E-state index contributed by atoms with van der Waals surface area (Å²) in [5, 5.41) is 13.9. The topological polar surface area (TPSA) is 62.4 Å². The summed E-state index contributed by atoms with van der Waals surface area (Å²) in [6.07, 6.45) is 2.13. The Morgan fingerprint density at radius 2 is 2.09 bits per heavy atom. The summed E-state index contributed by atoms with van der Waals surface area (Å²) in [6, 6.07) is 3.67. The molecule has 1 N–H and O–H groups in total. The smallest absolute Gasteiger partial charge is 0.229 e. The van der Waals surface area contributed by atoms with Gasteiger partial charge in [-0.3, -0.25) is 4.90 Å². The molecular weight excluding hydrogens is 304 g/mol. The molecule has 2 aliphatic rings. The standard InChI is InChI=1S/C16H17F2N3O2/c17-12-4-3-10(5-13(12)18)14-6-11(22)7-21(14)8-15-19-16(23-20-15)9-1-2-9/h3-5,9,11,14,22H,1-2,6-8H2/t11-,14-/m1/s1. The maximum Gasteiger partial charge on any atom is 0.229 e. The Hall–Kier alpha value is -1.86. The number of halogens is 2. The van der Waals surface area contributed by atoms with Crippen LogP contribution in [0.1, 0.15) is 48.5 Å². The van der Waals surface area contributed by atoms with E-state index < -0.39 is 17.7 Å². The van der Waals surface area contributed by atoms with Crippen molar-refractivity contribution in [2.45, 2.75) is 43.9 Å². The van der Waals surface area contributed by atoms with Gasteiger partial charge < -0.3 is 9.63 Å². The molecule has 1 aliphatic heterocycles. The molecule has 1 aromatic heterocycles. The predicted molar refractivity (Wildman–Crippen MR) is 76.4 cm³/mol. The molecule has 23 heavy (non-hydrogen) atoms. The molecule has 2 fully saturated rings. The zero-order valence-electron chi connectivity index (χ0n) is 12.5. The second-order valence-corrected chi connectivity index (χ2v) is 6.33. The fourth-order valence-electron chi connectivity index (χ4n) is 3.13. The Morgan fingerprint density at radius 1 is 1.26 bits per heavy atom. The van der Waals surface area contributed by atoms with Crippen molar-refractivity contribution in [3.63, 3.8) is 0 Å². The van der Waals surface area contributed by atoms with E-state index in [0.717, 1.165) is 18.9 Å². The first-order valence-corrected chi connectivity index (χ1v) is 7.79. The molecule has 1 saturated heterocycles. The minimum Gasteiger partial charge on any atom is -0.392 e. The molecule has 0 radical (unpaired) electrons. The molecule has 0 spiro atoms. The quantitative estimate of drug-likeness (QED) is 0.937. The zero-order chi connectivity index (χ0) is 16.0. The molecule has 1 saturated carbocycles. The van der Waals surface area contributed by atoms with E-state index in [2.05, 4.69) is 10.1 Å². The summed E-state index contributed by atoms with van der Waals surface area (Å²) >= 11 is 0. The van der Waals surface area contributed by atoms with Crippen molar-refractivity contribution in [2.75, 3.05) is 6.54 Å². The highest BCUT2D eigenvalue weighted by Crippen LogP contribution is 2.39. The Balaban J connectivity index is 1.53. The lowest BCUT2D eigenvalue weighted by atomic mass is 10.0. The van der Waals surface area contributed by atoms with E-state index in [0.29, 0.717) is 42.7 Å². The minimum atomic E-state index is -0.876. The maximum atomic E-state index is 13.5. The second-order valence-electron chi connectivity index (χ2n) is 6.33. The van der Waals surface area contributed by atoms with E-state index >= 15 is 0 Å². The van der Waals surface area contributed by atoms with Crippen molar-refractivity contribution >= 4 is 0 Å². The highest BCUT2D eigenvalue weighted by Gasteiger charge is 2.34. The molecule has 0 bridgehead atoms. The van der Waals surface area contributed by atoms with E-state index in [-0.39, 0.29) is 6.04 Å². The van der Waals surface area contributed by atoms with Crippen molar-refractivity contribution in [3.8, 4) is 0 Å². The minimum absolute atomic E-state index is 0.192. The maximum absolute atomic E-state index is 13.5. The molecule has 4 rings (SSSR count). The summed E-state index contributed by atoms with van der Waals surface area (Å²) in [4.78, 5) is 6.36. The molecule has 7 heteroatoms. The van der Waals surface area contributed by atoms with Crippen LogP contribution in [0.4, 0.5) is 8.78 Å². The number of nitrogens with zero attached hydrogens (tertiary/aromatic N) is 3. The number of benzene rings is 1. The van der Waals surface area contributed by atoms with Gasteiger partial charge in [-0.05, 0) is 37.0 Å². The summed E-state index contributed by atoms with van der Waals surface area (Å²) in [7, 11) is 0. The second kappa shape index (κ2) is 5.65. The number of aliphatic hydroxyl groups excluding tert-OH is 1. The zero-order valence-corrected chi connectivity index (χ0v) is 12.5. The van der Waals surface area contributed by atoms with E-state index in [1.54, 1.807) is 6.07 Å². The van der Waals surface area contributed by atoms with E-state index in [1.165, 1.54) is 6.07 Å². The molecule has 0 amide bonds. The van der Waals surface area contributed by atoms with Crippen LogP contribution in [0.5, 0.6) is 0 Å². The number of β-amino-alcohol motifs (C(OH)–C–C–N with tert-alkyl or cyclic N) is 1. The Bertz CT molecular complexity index is 717. The average molecular weight is 321 g/mol. The normalized spacial score (nSPS) is 25.2. The third kappa shape index (κ3) is 2.98. The number of aromatic nitrogens is 2. The fraction of sp³-hybridized carbons (Fsp3) is 0.500. The van der Waals surface area contributed by atoms with Crippen LogP contribution in [-0.4, -0.2) is 32.8 Å². The largest absolute Gasteiger partial charge is 0.392 e. The van der Waals surface area contributed by atoms with Crippen LogP contribution in [0.25, 0.3) is 0 Å². The monoisotopic (exact) mass is 321 g/mol. The van der Waals surface area contributed by atoms with Crippen LogP contribution >= 0.6 is 0 Å². The van der Waals surface area contributed by atoms with Gasteiger partial charge in [-0.2, -0.15) is 4.98 Å². The Labute approximate surface area is 131 Å². The summed E-state index contributed by atoms with van der Waals surface area (Å²) in [5.74, 6) is -0.120. The number of rotatable bonds is 4. The van der Waals surface area contributed by atoms with E-state index in [1.807, 2.05) is 4.90 Å². The van der Waals surface area contributed by atoms with Gasteiger partial charge in [0.15, 0.2) is 17.5 Å². The lowest BCUT2D eigenvalue weighted by Crippen LogP contribution is -2.25. The molecule has 122 valence electrons. The van der Waals surface area contributed by atoms with Gasteiger partial charge >= 0.3 is 0 Å². The van der Waals surface area contributed by atoms with E-state index in [9.17, 15) is 13.9 Å². The van der Waals surface area contributed by atoms with Crippen molar-refractivity contribution in [3.05, 3.63) is 47.1 Å². The number of likely N-dealkylation sites (tertiary alicyclic amines) is 1. The lowest BCUT2D eigenvalue weighted by Gasteiger charge is -2.23. The molecule has 1 aromatic carbocycles. The SMILES string of the molecule is O[C@@H]1C[C@H](c2ccc(F)c(F)c2)N(Cc2noc(C3CC3)n2)C1. The van der Waals surface area contributed by atoms with Gasteiger partial charge in [0.1, 0.15) is 0 Å². The highest BCUT2D eigenvalue weighted by molar-refractivity contribution is 5.23. The molecular formula is C16H17F2N3O2. The molecule has 0 unspecified atom stereocenters. The Morgan fingerprint density at radius 3 is 2.83 bits per heavy atom. The summed E-state index contributed by atoms with van der Waals surface area (Å²) < 4.78 is 31.8. The number of hydrogen-bond acceptors (Lipinski definition) is 5. The van der Waals surface area contributed by atoms with Crippen LogP contribution in [-0.2, 0) is 6.54 Å². The van der Waals surface area contributed by atoms with Gasteiger partial charge in [-0.1, -0.05) is 11.2 Å². The molecule has 2 aromatic rings. The molecule has 1 aliphatic carbocycles. The van der Waals surface area contributed by atoms with Crippen LogP contribution in [0.3, 0.4) is 0 Å². The van der Waals surface area contributed by atoms with Crippen LogP contribution in [0.2, 0.25) is 0 Å². The first-order valence-electron chi connectivity index (χ1n) is 7.79. The average Bonchev–Trinajstić information content (AvgIpc) is 3.16. The predicted octanol–water partition coefficient (Wildman–Crippen LogP) is 2.53. The third-order valence-electron chi connectivity index (χ3n) is 4.46. The lowest BCUT2D eigenvalue weighted by molar-refractivity contribution is 0.170. The number of hydrogen-bond donors (Lipinski definition) is 1. The molecule has 2 atom stereocenters. The van der Waals surface area contributed by atoms with Crippen LogP contribution in [0.15, 0.2) is 22.7 Å². The number of aliphatic hydroxyl groups is 1. The van der Waals surface area contributed by atoms with E-state index in [4.69, 9.17) is 4.52 Å². The van der Waals surface area contributed by atoms with Crippen LogP contribution < -0.4 is 0 Å². The first kappa shape index (κ1) is 14.7. The summed E-state index contributed by atoms with van der Waals surface area (Å²) in [5.41, 5.74) is 0.645. The van der Waals surface area contributed by atoms with Gasteiger partial charge in [0.05, 0.1) is 12.6 Å². The van der Waals surface area contributed by atoms with Gasteiger partial charge in [-0.15, -0.1) is 0 Å². The van der Waals surface area contributed by atoms with Gasteiger partial charge in [-0.25, -0.2) is 8.78 Å². The van der Waals surface area contributed by atoms with Crippen molar-refractivity contribution < 1.29 is 18.4 Å². The van der Waals surface area contributed by atoms with Gasteiger partial charge in [0, 0.05) is 18.5 Å². The Kier molecular flexibility index (Phi) is 3.61. The third-order valence-corrected chi connectivity index (χ3v) is 4.46. The molecule has 2 heterocycles. The molecule has 5 nitrogen and oxygen atoms in total. The van der Waals surface area contributed by atoms with Crippen LogP contribution in [0, 0.1) is 11.6 Å². The van der Waals surface area contributed by atoms with Crippen molar-refractivity contribution in [1.29, 1.82) is 0 Å². The van der Waals surface area contributed by atoms with Crippen molar-refractivity contribution in [1.82, 2.24) is 15.0 Å². The summed E-state index contributed by atoms with van der Waals surface area (Å²) in [6.45, 7) is 0.855. The van der Waals surface area contributed by atoms with Crippen molar-refractivity contribution in [2.24, 2.45) is 0 Å².